The topological polar surface area (TPSA) is 69.6 Å². The molecule has 1 amide bonds. The summed E-state index contributed by atoms with van der Waals surface area (Å²) in [5.41, 5.74) is 0. The van der Waals surface area contributed by atoms with Crippen molar-refractivity contribution in [1.29, 1.82) is 0 Å². The SMILES string of the molecule is CCNC(=NCCc1ncc(C)s1)NCCC(=O)N1CCCCC1C. The molecule has 0 bridgehead atoms. The first kappa shape index (κ1) is 19.7. The molecule has 1 aliphatic heterocycles. The molecular weight excluding hydrogens is 334 g/mol. The highest BCUT2D eigenvalue weighted by molar-refractivity contribution is 7.11. The van der Waals surface area contributed by atoms with Crippen molar-refractivity contribution in [2.45, 2.75) is 58.9 Å². The Balaban J connectivity index is 1.74. The quantitative estimate of drug-likeness (QED) is 0.575. The number of aromatic nitrogens is 1. The second-order valence-electron chi connectivity index (χ2n) is 6.48. The second-order valence-corrected chi connectivity index (χ2v) is 7.80. The molecular formula is C18H31N5OS. The van der Waals surface area contributed by atoms with Gasteiger partial charge in [0.1, 0.15) is 0 Å². The summed E-state index contributed by atoms with van der Waals surface area (Å²) in [4.78, 5) is 24.6. The van der Waals surface area contributed by atoms with Gasteiger partial charge in [-0.2, -0.15) is 0 Å². The minimum Gasteiger partial charge on any atom is -0.357 e. The van der Waals surface area contributed by atoms with Crippen LogP contribution in [-0.4, -0.2) is 54.0 Å². The molecule has 25 heavy (non-hydrogen) atoms. The van der Waals surface area contributed by atoms with Gasteiger partial charge in [0.2, 0.25) is 5.91 Å². The van der Waals surface area contributed by atoms with E-state index in [2.05, 4.69) is 34.5 Å². The van der Waals surface area contributed by atoms with Crippen LogP contribution in [0, 0.1) is 6.92 Å². The molecule has 1 saturated heterocycles. The van der Waals surface area contributed by atoms with Crippen LogP contribution in [-0.2, 0) is 11.2 Å². The summed E-state index contributed by atoms with van der Waals surface area (Å²) in [5.74, 6) is 1.02. The summed E-state index contributed by atoms with van der Waals surface area (Å²) in [7, 11) is 0. The number of carbonyl (C=O) groups is 1. The van der Waals surface area contributed by atoms with Gasteiger partial charge in [0.15, 0.2) is 5.96 Å². The number of nitrogens with one attached hydrogen (secondary N) is 2. The van der Waals surface area contributed by atoms with Gasteiger partial charge in [0.05, 0.1) is 5.01 Å². The molecule has 2 N–H and O–H groups in total. The lowest BCUT2D eigenvalue weighted by Crippen LogP contribution is -2.44. The fourth-order valence-corrected chi connectivity index (χ4v) is 3.80. The number of likely N-dealkylation sites (tertiary alicyclic amines) is 1. The maximum atomic E-state index is 12.4. The Labute approximate surface area is 155 Å². The van der Waals surface area contributed by atoms with E-state index in [0.717, 1.165) is 43.3 Å². The van der Waals surface area contributed by atoms with Crippen molar-refractivity contribution in [1.82, 2.24) is 20.5 Å². The first-order valence-corrected chi connectivity index (χ1v) is 10.1. The number of thiazole rings is 1. The van der Waals surface area contributed by atoms with Crippen LogP contribution in [0.4, 0.5) is 0 Å². The van der Waals surface area contributed by atoms with E-state index < -0.39 is 0 Å². The molecule has 1 unspecified atom stereocenters. The monoisotopic (exact) mass is 365 g/mol. The average molecular weight is 366 g/mol. The normalized spacial score (nSPS) is 18.3. The highest BCUT2D eigenvalue weighted by Gasteiger charge is 2.22. The molecule has 2 rings (SSSR count). The molecule has 1 aromatic heterocycles. The first-order chi connectivity index (χ1) is 12.1. The van der Waals surface area contributed by atoms with Crippen LogP contribution in [0.15, 0.2) is 11.2 Å². The highest BCUT2D eigenvalue weighted by atomic mass is 32.1. The molecule has 7 heteroatoms. The first-order valence-electron chi connectivity index (χ1n) is 9.33. The molecule has 0 aliphatic carbocycles. The van der Waals surface area contributed by atoms with Gasteiger partial charge in [-0.05, 0) is 40.0 Å². The fraction of sp³-hybridized carbons (Fsp3) is 0.722. The Morgan fingerprint density at radius 2 is 2.28 bits per heavy atom. The average Bonchev–Trinajstić information content (AvgIpc) is 3.00. The number of aliphatic imine (C=N–C) groups is 1. The zero-order valence-corrected chi connectivity index (χ0v) is 16.5. The third-order valence-corrected chi connectivity index (χ3v) is 5.34. The number of carbonyl (C=O) groups excluding carboxylic acids is 1. The van der Waals surface area contributed by atoms with E-state index in [1.165, 1.54) is 11.3 Å². The summed E-state index contributed by atoms with van der Waals surface area (Å²) >= 11 is 1.72. The minimum atomic E-state index is 0.244. The van der Waals surface area contributed by atoms with Gasteiger partial charge < -0.3 is 15.5 Å². The molecule has 140 valence electrons. The van der Waals surface area contributed by atoms with E-state index in [1.807, 2.05) is 18.0 Å². The van der Waals surface area contributed by atoms with Gasteiger partial charge in [0, 0.05) is 56.1 Å². The second kappa shape index (κ2) is 10.4. The van der Waals surface area contributed by atoms with Crippen molar-refractivity contribution >= 4 is 23.2 Å². The van der Waals surface area contributed by atoms with E-state index in [9.17, 15) is 4.79 Å². The van der Waals surface area contributed by atoms with Crippen LogP contribution in [0.5, 0.6) is 0 Å². The molecule has 0 saturated carbocycles. The van der Waals surface area contributed by atoms with Crippen molar-refractivity contribution in [3.05, 3.63) is 16.1 Å². The predicted octanol–water partition coefficient (Wildman–Crippen LogP) is 2.34. The Hall–Kier alpha value is -1.63. The Morgan fingerprint density at radius 3 is 2.96 bits per heavy atom. The summed E-state index contributed by atoms with van der Waals surface area (Å²) in [6, 6.07) is 0.380. The molecule has 0 spiro atoms. The maximum absolute atomic E-state index is 12.4. The third kappa shape index (κ3) is 6.65. The molecule has 1 atom stereocenters. The van der Waals surface area contributed by atoms with Gasteiger partial charge in [-0.25, -0.2) is 4.98 Å². The van der Waals surface area contributed by atoms with Crippen LogP contribution in [0.25, 0.3) is 0 Å². The van der Waals surface area contributed by atoms with Crippen molar-refractivity contribution in [3.63, 3.8) is 0 Å². The zero-order valence-electron chi connectivity index (χ0n) is 15.7. The van der Waals surface area contributed by atoms with E-state index in [0.29, 0.717) is 25.6 Å². The minimum absolute atomic E-state index is 0.244. The van der Waals surface area contributed by atoms with Gasteiger partial charge in [-0.3, -0.25) is 9.79 Å². The van der Waals surface area contributed by atoms with Gasteiger partial charge in [0.25, 0.3) is 0 Å². The zero-order chi connectivity index (χ0) is 18.1. The molecule has 6 nitrogen and oxygen atoms in total. The van der Waals surface area contributed by atoms with Crippen molar-refractivity contribution < 1.29 is 4.79 Å². The van der Waals surface area contributed by atoms with E-state index in [4.69, 9.17) is 0 Å². The Bertz CT molecular complexity index is 572. The van der Waals surface area contributed by atoms with Crippen LogP contribution in [0.3, 0.4) is 0 Å². The third-order valence-electron chi connectivity index (χ3n) is 4.36. The number of aryl methyl sites for hydroxylation is 1. The molecule has 1 fully saturated rings. The lowest BCUT2D eigenvalue weighted by molar-refractivity contribution is -0.134. The number of rotatable bonds is 7. The van der Waals surface area contributed by atoms with Crippen molar-refractivity contribution in [2.75, 3.05) is 26.2 Å². The van der Waals surface area contributed by atoms with E-state index >= 15 is 0 Å². The largest absolute Gasteiger partial charge is 0.357 e. The number of guanidine groups is 1. The summed E-state index contributed by atoms with van der Waals surface area (Å²) < 4.78 is 0. The molecule has 0 radical (unpaired) electrons. The summed E-state index contributed by atoms with van der Waals surface area (Å²) in [6.07, 6.45) is 6.75. The van der Waals surface area contributed by atoms with Gasteiger partial charge in [-0.15, -0.1) is 11.3 Å². The molecule has 2 heterocycles. The maximum Gasteiger partial charge on any atom is 0.224 e. The fourth-order valence-electron chi connectivity index (χ4n) is 3.02. The lowest BCUT2D eigenvalue weighted by Gasteiger charge is -2.33. The van der Waals surface area contributed by atoms with Crippen LogP contribution < -0.4 is 10.6 Å². The van der Waals surface area contributed by atoms with Gasteiger partial charge in [-0.1, -0.05) is 0 Å². The van der Waals surface area contributed by atoms with E-state index in [1.54, 1.807) is 11.3 Å². The van der Waals surface area contributed by atoms with Crippen LogP contribution in [0.1, 0.15) is 49.4 Å². The Morgan fingerprint density at radius 1 is 1.44 bits per heavy atom. The lowest BCUT2D eigenvalue weighted by atomic mass is 10.0. The number of amides is 1. The summed E-state index contributed by atoms with van der Waals surface area (Å²) in [6.45, 7) is 9.28. The standard InChI is InChI=1S/C18H31N5OS/c1-4-19-18(20-10-8-16-22-13-15(3)25-16)21-11-9-17(24)23-12-6-5-7-14(23)2/h13-14H,4-12H2,1-3H3,(H2,19,20,21). The Kier molecular flexibility index (Phi) is 8.18. The smallest absolute Gasteiger partial charge is 0.224 e. The number of nitrogens with zero attached hydrogens (tertiary/aromatic N) is 3. The van der Waals surface area contributed by atoms with Crippen LogP contribution in [0.2, 0.25) is 0 Å². The highest BCUT2D eigenvalue weighted by Crippen LogP contribution is 2.17. The van der Waals surface area contributed by atoms with Gasteiger partial charge >= 0.3 is 0 Å². The summed E-state index contributed by atoms with van der Waals surface area (Å²) in [5, 5.41) is 7.62. The predicted molar refractivity (Wildman–Crippen MR) is 104 cm³/mol. The molecule has 1 aromatic rings. The van der Waals surface area contributed by atoms with Crippen molar-refractivity contribution in [3.8, 4) is 0 Å². The number of piperidine rings is 1. The number of hydrogen-bond donors (Lipinski definition) is 2. The van der Waals surface area contributed by atoms with Crippen LogP contribution >= 0.6 is 11.3 Å². The van der Waals surface area contributed by atoms with Crippen molar-refractivity contribution in [2.24, 2.45) is 4.99 Å². The number of hydrogen-bond acceptors (Lipinski definition) is 4. The van der Waals surface area contributed by atoms with E-state index in [-0.39, 0.29) is 5.91 Å². The molecule has 1 aliphatic rings. The molecule has 0 aromatic carbocycles.